The summed E-state index contributed by atoms with van der Waals surface area (Å²) in [4.78, 5) is 42.8. The van der Waals surface area contributed by atoms with Gasteiger partial charge in [0.2, 0.25) is 0 Å². The first-order valence-electron chi connectivity index (χ1n) is 12.7. The number of esters is 2. The summed E-state index contributed by atoms with van der Waals surface area (Å²) in [5.74, 6) is -0.981. The lowest BCUT2D eigenvalue weighted by molar-refractivity contribution is -0.172. The molecule has 2 aliphatic heterocycles. The van der Waals surface area contributed by atoms with E-state index in [2.05, 4.69) is 6.58 Å². The molecule has 0 amide bonds. The predicted octanol–water partition coefficient (Wildman–Crippen LogP) is 2.85. The second-order valence-corrected chi connectivity index (χ2v) is 10.8. The minimum atomic E-state index is -1.90. The molecular weight excluding hydrogens is 504 g/mol. The fourth-order valence-electron chi connectivity index (χ4n) is 4.96. The number of ether oxygens (including phenoxy) is 3. The summed E-state index contributed by atoms with van der Waals surface area (Å²) in [5, 5.41) is 21.9. The lowest BCUT2D eigenvalue weighted by atomic mass is 9.86. The summed E-state index contributed by atoms with van der Waals surface area (Å²) in [6.45, 7) is 10.2. The number of aliphatic hydroxyl groups excluding tert-OH is 1. The molecule has 2 N–H and O–H groups in total. The molecule has 10 nitrogen and oxygen atoms in total. The number of benzene rings is 1. The fourth-order valence-corrected chi connectivity index (χ4v) is 4.96. The van der Waals surface area contributed by atoms with E-state index >= 15 is 0 Å². The Kier molecular flexibility index (Phi) is 6.35. The van der Waals surface area contributed by atoms with E-state index < -0.39 is 23.1 Å². The van der Waals surface area contributed by atoms with Crippen molar-refractivity contribution in [3.05, 3.63) is 69.0 Å². The molecule has 0 unspecified atom stereocenters. The molecule has 5 rings (SSSR count). The smallest absolute Gasteiger partial charge is 0.343 e. The van der Waals surface area contributed by atoms with Gasteiger partial charge in [0.1, 0.15) is 24.6 Å². The van der Waals surface area contributed by atoms with Crippen LogP contribution in [0.1, 0.15) is 56.4 Å². The van der Waals surface area contributed by atoms with Crippen LogP contribution >= 0.6 is 0 Å². The molecule has 0 fully saturated rings. The van der Waals surface area contributed by atoms with Crippen LogP contribution in [0.4, 0.5) is 0 Å². The Balaban J connectivity index is 1.52. The average molecular weight is 535 g/mol. The zero-order valence-electron chi connectivity index (χ0n) is 22.3. The quantitative estimate of drug-likeness (QED) is 0.283. The Morgan fingerprint density at radius 1 is 1.26 bits per heavy atom. The van der Waals surface area contributed by atoms with Crippen LogP contribution in [0.25, 0.3) is 22.3 Å². The highest BCUT2D eigenvalue weighted by molar-refractivity contribution is 5.90. The van der Waals surface area contributed by atoms with Crippen LogP contribution < -0.4 is 10.3 Å². The molecule has 204 valence electrons. The monoisotopic (exact) mass is 534 g/mol. The minimum Gasteiger partial charge on any atom is -0.488 e. The summed E-state index contributed by atoms with van der Waals surface area (Å²) in [7, 11) is 0. The molecular formula is C29H30N2O8. The number of pyridine rings is 2. The summed E-state index contributed by atoms with van der Waals surface area (Å²) >= 11 is 0. The van der Waals surface area contributed by atoms with Gasteiger partial charge in [-0.3, -0.25) is 4.79 Å². The zero-order chi connectivity index (χ0) is 28.3. The van der Waals surface area contributed by atoms with Gasteiger partial charge in [0.15, 0.2) is 5.60 Å². The van der Waals surface area contributed by atoms with E-state index in [9.17, 15) is 24.6 Å². The first-order chi connectivity index (χ1) is 18.4. The van der Waals surface area contributed by atoms with Crippen molar-refractivity contribution >= 4 is 22.8 Å². The second kappa shape index (κ2) is 9.32. The summed E-state index contributed by atoms with van der Waals surface area (Å²) in [6, 6.07) is 6.87. The molecule has 10 heteroatoms. The van der Waals surface area contributed by atoms with Crippen molar-refractivity contribution in [2.24, 2.45) is 0 Å². The Hall–Kier alpha value is -4.02. The molecule has 2 aliphatic rings. The Labute approximate surface area is 224 Å². The fraction of sp³-hybridized carbons (Fsp3) is 0.379. The van der Waals surface area contributed by atoms with Crippen LogP contribution in [0.15, 0.2) is 41.2 Å². The van der Waals surface area contributed by atoms with Crippen molar-refractivity contribution in [2.75, 3.05) is 6.61 Å². The molecule has 4 heterocycles. The van der Waals surface area contributed by atoms with Crippen molar-refractivity contribution in [3.8, 4) is 17.1 Å². The van der Waals surface area contributed by atoms with Gasteiger partial charge in [-0.1, -0.05) is 13.5 Å². The van der Waals surface area contributed by atoms with Crippen LogP contribution in [0, 0.1) is 0 Å². The van der Waals surface area contributed by atoms with E-state index in [0.717, 1.165) is 5.56 Å². The van der Waals surface area contributed by atoms with Crippen molar-refractivity contribution in [2.45, 2.75) is 65.1 Å². The molecule has 39 heavy (non-hydrogen) atoms. The third-order valence-electron chi connectivity index (χ3n) is 7.01. The summed E-state index contributed by atoms with van der Waals surface area (Å²) in [6.07, 6.45) is 0.0583. The molecule has 0 saturated carbocycles. The van der Waals surface area contributed by atoms with Crippen molar-refractivity contribution in [1.29, 1.82) is 0 Å². The number of hydrogen-bond donors (Lipinski definition) is 2. The number of rotatable bonds is 6. The number of carbonyl (C=O) groups is 2. The molecule has 0 radical (unpaired) electrons. The average Bonchev–Trinajstić information content (AvgIpc) is 3.25. The second-order valence-electron chi connectivity index (χ2n) is 10.8. The van der Waals surface area contributed by atoms with E-state index in [1.54, 1.807) is 50.5 Å². The Morgan fingerprint density at radius 2 is 2.00 bits per heavy atom. The van der Waals surface area contributed by atoms with Gasteiger partial charge in [-0.05, 0) is 51.5 Å². The summed E-state index contributed by atoms with van der Waals surface area (Å²) in [5.41, 5.74) is 0.525. The number of fused-ring (bicyclic) bond motifs is 5. The molecule has 2 aromatic heterocycles. The van der Waals surface area contributed by atoms with Gasteiger partial charge in [-0.15, -0.1) is 0 Å². The number of carbonyl (C=O) groups excluding carboxylic acids is 2. The maximum Gasteiger partial charge on any atom is 0.343 e. The molecule has 1 atom stereocenters. The van der Waals surface area contributed by atoms with Crippen LogP contribution in [0.2, 0.25) is 0 Å². The van der Waals surface area contributed by atoms with Gasteiger partial charge in [0.05, 0.1) is 41.2 Å². The number of hydrogen-bond acceptors (Lipinski definition) is 9. The maximum absolute atomic E-state index is 13.4. The van der Waals surface area contributed by atoms with Crippen LogP contribution in [-0.4, -0.2) is 43.9 Å². The third-order valence-corrected chi connectivity index (χ3v) is 7.01. The molecule has 0 bridgehead atoms. The van der Waals surface area contributed by atoms with Crippen LogP contribution in [0.5, 0.6) is 5.75 Å². The van der Waals surface area contributed by atoms with Crippen molar-refractivity contribution < 1.29 is 34.0 Å². The van der Waals surface area contributed by atoms with Gasteiger partial charge in [-0.2, -0.15) is 0 Å². The largest absolute Gasteiger partial charge is 0.488 e. The first kappa shape index (κ1) is 26.6. The van der Waals surface area contributed by atoms with Gasteiger partial charge >= 0.3 is 11.9 Å². The molecule has 0 aliphatic carbocycles. The molecule has 3 aromatic rings. The van der Waals surface area contributed by atoms with E-state index in [1.165, 1.54) is 0 Å². The van der Waals surface area contributed by atoms with Crippen molar-refractivity contribution in [3.63, 3.8) is 0 Å². The Morgan fingerprint density at radius 3 is 2.67 bits per heavy atom. The standard InChI is InChI=1S/C29H30N2O8/c1-6-29(36)20-10-22-24-16(11-31(22)25(33)19(20)14-38-27(29)35)9-17-18(12-32)23(8-7-21(17)30-24)37-13-15(2)26(34)39-28(3,4)5/h7-10,32,36H,2,6,11-14H2,1,3-5H3/t29-/m0/s1. The van der Waals surface area contributed by atoms with Gasteiger partial charge in [0, 0.05) is 22.1 Å². The highest BCUT2D eigenvalue weighted by atomic mass is 16.6. The highest BCUT2D eigenvalue weighted by Crippen LogP contribution is 2.39. The lowest BCUT2D eigenvalue weighted by Gasteiger charge is -2.31. The zero-order valence-corrected chi connectivity index (χ0v) is 22.3. The molecule has 1 aromatic carbocycles. The number of aromatic nitrogens is 2. The number of nitrogens with zero attached hydrogens (tertiary/aromatic N) is 2. The third kappa shape index (κ3) is 4.39. The maximum atomic E-state index is 13.4. The lowest BCUT2D eigenvalue weighted by Crippen LogP contribution is -2.44. The van der Waals surface area contributed by atoms with E-state index in [4.69, 9.17) is 19.2 Å². The van der Waals surface area contributed by atoms with E-state index in [1.807, 2.05) is 6.07 Å². The number of aliphatic hydroxyl groups is 2. The van der Waals surface area contributed by atoms with Gasteiger partial charge in [0.25, 0.3) is 5.56 Å². The molecule has 0 spiro atoms. The Bertz CT molecular complexity index is 1610. The van der Waals surface area contributed by atoms with E-state index in [-0.39, 0.29) is 55.0 Å². The van der Waals surface area contributed by atoms with Gasteiger partial charge < -0.3 is 29.0 Å². The van der Waals surface area contributed by atoms with Gasteiger partial charge in [-0.25, -0.2) is 14.6 Å². The predicted molar refractivity (Wildman–Crippen MR) is 141 cm³/mol. The number of cyclic esters (lactones) is 1. The molecule has 0 saturated heterocycles. The summed E-state index contributed by atoms with van der Waals surface area (Å²) < 4.78 is 17.8. The normalized spacial score (nSPS) is 17.7. The van der Waals surface area contributed by atoms with Crippen LogP contribution in [-0.2, 0) is 44.4 Å². The van der Waals surface area contributed by atoms with E-state index in [0.29, 0.717) is 33.6 Å². The minimum absolute atomic E-state index is 0.0583. The SMILES string of the molecule is C=C(COc1ccc2nc3c(cc2c1CO)Cn1c-3cc2c(c1=O)COC(=O)[C@]2(O)CC)C(=O)OC(C)(C)C. The van der Waals surface area contributed by atoms with Crippen LogP contribution in [0.3, 0.4) is 0 Å². The first-order valence-corrected chi connectivity index (χ1v) is 12.7. The highest BCUT2D eigenvalue weighted by Gasteiger charge is 2.45. The van der Waals surface area contributed by atoms with Crippen molar-refractivity contribution in [1.82, 2.24) is 9.55 Å². The topological polar surface area (TPSA) is 137 Å².